The van der Waals surface area contributed by atoms with Crippen molar-refractivity contribution in [1.82, 2.24) is 14.4 Å². The molecule has 0 radical (unpaired) electrons. The SMILES string of the molecule is CCCCCN(C)Cc1ccc2ccn(C3CCN(CC)CC3)c2c1. The Hall–Kier alpha value is -1.32. The second-order valence-electron chi connectivity index (χ2n) is 7.73. The Labute approximate surface area is 153 Å². The summed E-state index contributed by atoms with van der Waals surface area (Å²) >= 11 is 0. The summed E-state index contributed by atoms with van der Waals surface area (Å²) in [6, 6.07) is 10.00. The smallest absolute Gasteiger partial charge is 0.0486 e. The van der Waals surface area contributed by atoms with Crippen LogP contribution in [0.25, 0.3) is 10.9 Å². The monoisotopic (exact) mass is 341 g/mol. The molecule has 2 aromatic rings. The van der Waals surface area contributed by atoms with E-state index in [2.05, 4.69) is 65.7 Å². The standard InChI is InChI=1S/C22H35N3/c1-4-6-7-13-23(3)18-19-8-9-20-10-16-25(22(20)17-19)21-11-14-24(5-2)15-12-21/h8-10,16-17,21H,4-7,11-15,18H2,1-3H3. The van der Waals surface area contributed by atoms with Gasteiger partial charge in [0.25, 0.3) is 0 Å². The largest absolute Gasteiger partial charge is 0.344 e. The lowest BCUT2D eigenvalue weighted by Crippen LogP contribution is -2.34. The van der Waals surface area contributed by atoms with E-state index in [1.165, 1.54) is 74.7 Å². The van der Waals surface area contributed by atoms with Crippen molar-refractivity contribution in [1.29, 1.82) is 0 Å². The number of hydrogen-bond donors (Lipinski definition) is 0. The van der Waals surface area contributed by atoms with Crippen LogP contribution in [0.5, 0.6) is 0 Å². The van der Waals surface area contributed by atoms with Crippen molar-refractivity contribution < 1.29 is 0 Å². The van der Waals surface area contributed by atoms with Gasteiger partial charge in [-0.05, 0) is 62.5 Å². The summed E-state index contributed by atoms with van der Waals surface area (Å²) in [6.45, 7) is 10.5. The molecule has 1 aliphatic rings. The number of aromatic nitrogens is 1. The molecule has 0 amide bonds. The van der Waals surface area contributed by atoms with Gasteiger partial charge in [0.15, 0.2) is 0 Å². The van der Waals surface area contributed by atoms with E-state index in [-0.39, 0.29) is 0 Å². The fraction of sp³-hybridized carbons (Fsp3) is 0.636. The van der Waals surface area contributed by atoms with Crippen LogP contribution in [0.2, 0.25) is 0 Å². The molecule has 1 aliphatic heterocycles. The van der Waals surface area contributed by atoms with E-state index in [0.29, 0.717) is 6.04 Å². The van der Waals surface area contributed by atoms with Crippen LogP contribution >= 0.6 is 0 Å². The van der Waals surface area contributed by atoms with Crippen LogP contribution in [-0.2, 0) is 6.54 Å². The summed E-state index contributed by atoms with van der Waals surface area (Å²) in [5.74, 6) is 0. The van der Waals surface area contributed by atoms with Crippen molar-refractivity contribution in [2.24, 2.45) is 0 Å². The van der Waals surface area contributed by atoms with Crippen molar-refractivity contribution in [3.63, 3.8) is 0 Å². The molecule has 0 aliphatic carbocycles. The average molecular weight is 342 g/mol. The second kappa shape index (κ2) is 8.86. The van der Waals surface area contributed by atoms with Gasteiger partial charge in [-0.25, -0.2) is 0 Å². The van der Waals surface area contributed by atoms with Crippen LogP contribution < -0.4 is 0 Å². The Morgan fingerprint density at radius 2 is 1.88 bits per heavy atom. The third-order valence-electron chi connectivity index (χ3n) is 5.78. The molecule has 1 aromatic heterocycles. The second-order valence-corrected chi connectivity index (χ2v) is 7.73. The summed E-state index contributed by atoms with van der Waals surface area (Å²) in [7, 11) is 2.25. The Kier molecular flexibility index (Phi) is 6.55. The number of rotatable bonds is 8. The molecule has 2 heterocycles. The summed E-state index contributed by atoms with van der Waals surface area (Å²) in [5.41, 5.74) is 2.87. The Balaban J connectivity index is 1.69. The van der Waals surface area contributed by atoms with E-state index in [1.807, 2.05) is 0 Å². The molecule has 1 saturated heterocycles. The van der Waals surface area contributed by atoms with Gasteiger partial charge in [0.2, 0.25) is 0 Å². The van der Waals surface area contributed by atoms with Crippen molar-refractivity contribution in [2.75, 3.05) is 33.2 Å². The first-order valence-corrected chi connectivity index (χ1v) is 10.2. The highest BCUT2D eigenvalue weighted by Gasteiger charge is 2.20. The van der Waals surface area contributed by atoms with Crippen LogP contribution in [0.4, 0.5) is 0 Å². The Morgan fingerprint density at radius 1 is 1.08 bits per heavy atom. The molecule has 3 nitrogen and oxygen atoms in total. The molecule has 0 saturated carbocycles. The molecule has 1 fully saturated rings. The van der Waals surface area contributed by atoms with E-state index in [0.717, 1.165) is 6.54 Å². The Morgan fingerprint density at radius 3 is 2.60 bits per heavy atom. The maximum atomic E-state index is 2.57. The first-order chi connectivity index (χ1) is 12.2. The van der Waals surface area contributed by atoms with Gasteiger partial charge in [-0.2, -0.15) is 0 Å². The zero-order valence-corrected chi connectivity index (χ0v) is 16.4. The average Bonchev–Trinajstić information content (AvgIpc) is 3.05. The predicted octanol–water partition coefficient (Wildman–Crippen LogP) is 4.92. The third kappa shape index (κ3) is 4.65. The number of hydrogen-bond acceptors (Lipinski definition) is 2. The molecule has 1 aromatic carbocycles. The molecule has 138 valence electrons. The Bertz CT molecular complexity index is 652. The molecular weight excluding hydrogens is 306 g/mol. The van der Waals surface area contributed by atoms with Crippen LogP contribution in [0.15, 0.2) is 30.5 Å². The van der Waals surface area contributed by atoms with Crippen LogP contribution in [0.1, 0.15) is 57.6 Å². The van der Waals surface area contributed by atoms with Crippen LogP contribution in [0, 0.1) is 0 Å². The molecule has 0 N–H and O–H groups in total. The fourth-order valence-electron chi connectivity index (χ4n) is 4.15. The number of likely N-dealkylation sites (tertiary alicyclic amines) is 1. The number of nitrogens with zero attached hydrogens (tertiary/aromatic N) is 3. The van der Waals surface area contributed by atoms with Crippen LogP contribution in [-0.4, -0.2) is 47.6 Å². The van der Waals surface area contributed by atoms with Gasteiger partial charge in [-0.15, -0.1) is 0 Å². The number of unbranched alkanes of at least 4 members (excludes halogenated alkanes) is 2. The zero-order chi connectivity index (χ0) is 17.6. The van der Waals surface area contributed by atoms with Gasteiger partial charge >= 0.3 is 0 Å². The van der Waals surface area contributed by atoms with Gasteiger partial charge in [0.1, 0.15) is 0 Å². The minimum Gasteiger partial charge on any atom is -0.344 e. The zero-order valence-electron chi connectivity index (χ0n) is 16.4. The van der Waals surface area contributed by atoms with E-state index < -0.39 is 0 Å². The maximum Gasteiger partial charge on any atom is 0.0486 e. The number of benzene rings is 1. The quantitative estimate of drug-likeness (QED) is 0.631. The highest BCUT2D eigenvalue weighted by Crippen LogP contribution is 2.28. The number of piperidine rings is 1. The van der Waals surface area contributed by atoms with Crippen LogP contribution in [0.3, 0.4) is 0 Å². The normalized spacial score (nSPS) is 17.0. The lowest BCUT2D eigenvalue weighted by Gasteiger charge is -2.32. The minimum atomic E-state index is 0.665. The maximum absolute atomic E-state index is 2.57. The van der Waals surface area contributed by atoms with E-state index in [4.69, 9.17) is 0 Å². The topological polar surface area (TPSA) is 11.4 Å². The lowest BCUT2D eigenvalue weighted by atomic mass is 10.0. The molecule has 0 bridgehead atoms. The summed E-state index contributed by atoms with van der Waals surface area (Å²) in [5, 5.41) is 1.38. The highest BCUT2D eigenvalue weighted by molar-refractivity contribution is 5.81. The van der Waals surface area contributed by atoms with E-state index >= 15 is 0 Å². The first kappa shape index (κ1) is 18.5. The summed E-state index contributed by atoms with van der Waals surface area (Å²) in [6.07, 6.45) is 8.80. The van der Waals surface area contributed by atoms with Gasteiger partial charge < -0.3 is 14.4 Å². The fourth-order valence-corrected chi connectivity index (χ4v) is 4.15. The molecule has 3 heteroatoms. The number of fused-ring (bicyclic) bond motifs is 1. The highest BCUT2D eigenvalue weighted by atomic mass is 15.1. The minimum absolute atomic E-state index is 0.665. The van der Waals surface area contributed by atoms with Gasteiger partial charge in [0, 0.05) is 37.4 Å². The molecule has 0 atom stereocenters. The van der Waals surface area contributed by atoms with E-state index in [1.54, 1.807) is 0 Å². The van der Waals surface area contributed by atoms with Crippen molar-refractivity contribution in [2.45, 2.75) is 58.5 Å². The van der Waals surface area contributed by atoms with Gasteiger partial charge in [-0.1, -0.05) is 38.8 Å². The molecule has 0 unspecified atom stereocenters. The lowest BCUT2D eigenvalue weighted by molar-refractivity contribution is 0.197. The van der Waals surface area contributed by atoms with Gasteiger partial charge in [-0.3, -0.25) is 0 Å². The first-order valence-electron chi connectivity index (χ1n) is 10.2. The van der Waals surface area contributed by atoms with Gasteiger partial charge in [0.05, 0.1) is 0 Å². The summed E-state index contributed by atoms with van der Waals surface area (Å²) in [4.78, 5) is 5.03. The molecule has 3 rings (SSSR count). The predicted molar refractivity (Wildman–Crippen MR) is 108 cm³/mol. The van der Waals surface area contributed by atoms with Crippen molar-refractivity contribution >= 4 is 10.9 Å². The molecule has 25 heavy (non-hydrogen) atoms. The summed E-state index contributed by atoms with van der Waals surface area (Å²) < 4.78 is 2.54. The third-order valence-corrected chi connectivity index (χ3v) is 5.78. The molecular formula is C22H35N3. The van der Waals surface area contributed by atoms with E-state index in [9.17, 15) is 0 Å². The molecule has 0 spiro atoms. The van der Waals surface area contributed by atoms with Crippen molar-refractivity contribution in [3.05, 3.63) is 36.0 Å². The van der Waals surface area contributed by atoms with Crippen molar-refractivity contribution in [3.8, 4) is 0 Å².